The van der Waals surface area contributed by atoms with Gasteiger partial charge in [0, 0.05) is 17.8 Å². The van der Waals surface area contributed by atoms with Gasteiger partial charge >= 0.3 is 0 Å². The number of aryl methyl sites for hydroxylation is 6. The van der Waals surface area contributed by atoms with Crippen molar-refractivity contribution in [2.75, 3.05) is 0 Å². The summed E-state index contributed by atoms with van der Waals surface area (Å²) >= 11 is 0. The van der Waals surface area contributed by atoms with Crippen LogP contribution in [0.25, 0.3) is 11.1 Å². The number of unbranched alkanes of at least 4 members (excludes halogenated alkanes) is 2. The Morgan fingerprint density at radius 1 is 0.412 bits per heavy atom. The predicted octanol–water partition coefficient (Wildman–Crippen LogP) is 25.5. The van der Waals surface area contributed by atoms with Gasteiger partial charge < -0.3 is 0 Å². The lowest BCUT2D eigenvalue weighted by Crippen LogP contribution is -2.18. The normalized spacial score (nSPS) is 22.6. The van der Waals surface area contributed by atoms with E-state index in [1.54, 1.807) is 38.9 Å². The van der Waals surface area contributed by atoms with Crippen molar-refractivity contribution in [3.05, 3.63) is 329 Å². The molecule has 16 rings (SSSR count). The molecular formula is C97H110. The fraction of sp³-hybridized carbons (Fsp3) is 0.402. The quantitative estimate of drug-likeness (QED) is 0.0723. The second-order valence-electron chi connectivity index (χ2n) is 31.4. The number of hydrogen-bond donors (Lipinski definition) is 0. The molecule has 0 amide bonds. The number of allylic oxidation sites excluding steroid dienone is 28. The molecule has 0 aliphatic heterocycles. The third kappa shape index (κ3) is 15.8. The fourth-order valence-electron chi connectivity index (χ4n) is 18.4. The summed E-state index contributed by atoms with van der Waals surface area (Å²) in [6, 6.07) is 40.8. The Morgan fingerprint density at radius 2 is 0.938 bits per heavy atom. The van der Waals surface area contributed by atoms with Crippen LogP contribution in [-0.4, -0.2) is 0 Å². The van der Waals surface area contributed by atoms with Gasteiger partial charge in [-0.15, -0.1) is 0 Å². The molecule has 3 atom stereocenters. The lowest BCUT2D eigenvalue weighted by molar-refractivity contribution is 0.258. The van der Waals surface area contributed by atoms with E-state index in [2.05, 4.69) is 247 Å². The second kappa shape index (κ2) is 31.5. The molecule has 0 nitrogen and oxygen atoms in total. The monoisotopic (exact) mass is 1270 g/mol. The topological polar surface area (TPSA) is 0 Å². The number of hydrogen-bond acceptors (Lipinski definition) is 0. The molecule has 0 radical (unpaired) electrons. The van der Waals surface area contributed by atoms with E-state index in [1.165, 1.54) is 230 Å². The van der Waals surface area contributed by atoms with Crippen molar-refractivity contribution in [2.24, 2.45) is 35.5 Å². The summed E-state index contributed by atoms with van der Waals surface area (Å²) in [5.74, 6) is 5.42. The molecule has 11 aliphatic rings. The van der Waals surface area contributed by atoms with E-state index in [-0.39, 0.29) is 0 Å². The van der Waals surface area contributed by atoms with Gasteiger partial charge in [-0.05, 0) is 286 Å². The zero-order valence-electron chi connectivity index (χ0n) is 59.7. The van der Waals surface area contributed by atoms with E-state index in [9.17, 15) is 0 Å². The maximum Gasteiger partial charge on any atom is 0.0281 e. The lowest BCUT2D eigenvalue weighted by atomic mass is 9.73. The summed E-state index contributed by atoms with van der Waals surface area (Å²) in [4.78, 5) is 0. The predicted molar refractivity (Wildman–Crippen MR) is 416 cm³/mol. The van der Waals surface area contributed by atoms with Gasteiger partial charge in [-0.1, -0.05) is 286 Å². The van der Waals surface area contributed by atoms with E-state index in [4.69, 9.17) is 0 Å². The minimum absolute atomic E-state index is 0.408. The van der Waals surface area contributed by atoms with E-state index in [1.807, 2.05) is 0 Å². The SMILES string of the molecule is C1=CC2C(C3=CCCC=C3)=CC=C(Cc3ccc(C4CCCCC4)cc3)C2=C1.CC(C)CCCCCc1ccc(CC2=CC=C(c3ccc4c(c3)CCC4)C3C=CC=C23)cc1.CCc1cc(CC2=CC=C(c3ccc4c(c3)CCC4)C3C=CC=C23)ccc1C1CCC(C(C)C)CC1. The van der Waals surface area contributed by atoms with Gasteiger partial charge in [0.2, 0.25) is 0 Å². The maximum atomic E-state index is 2.53. The highest BCUT2D eigenvalue weighted by Crippen LogP contribution is 2.47. The van der Waals surface area contributed by atoms with Gasteiger partial charge in [0.15, 0.2) is 0 Å². The van der Waals surface area contributed by atoms with Crippen molar-refractivity contribution in [1.82, 2.24) is 0 Å². The number of rotatable bonds is 19. The largest absolute Gasteiger partial charge is 0.0836 e. The van der Waals surface area contributed by atoms with Gasteiger partial charge in [0.25, 0.3) is 0 Å². The zero-order valence-corrected chi connectivity index (χ0v) is 59.7. The molecule has 11 aliphatic carbocycles. The average molecular weight is 1280 g/mol. The molecule has 3 unspecified atom stereocenters. The van der Waals surface area contributed by atoms with E-state index < -0.39 is 0 Å². The van der Waals surface area contributed by atoms with Gasteiger partial charge in [0.05, 0.1) is 0 Å². The fourth-order valence-corrected chi connectivity index (χ4v) is 18.4. The second-order valence-corrected chi connectivity index (χ2v) is 31.4. The molecular weight excluding hydrogens is 1170 g/mol. The highest BCUT2D eigenvalue weighted by Gasteiger charge is 2.31. The van der Waals surface area contributed by atoms with Gasteiger partial charge in [0.1, 0.15) is 0 Å². The minimum atomic E-state index is 0.408. The Labute approximate surface area is 585 Å². The highest BCUT2D eigenvalue weighted by atomic mass is 14.4. The molecule has 0 saturated heterocycles. The van der Waals surface area contributed by atoms with Crippen LogP contribution in [0, 0.1) is 35.5 Å². The molecule has 498 valence electrons. The standard InChI is InChI=1S/C36H42.C33H38.C28H30/c1-4-26-21-25(11-19-33(26)29-15-12-27(13-16-29)24(2)3)22-31-18-20-35(36-10-6-9-34(31)36)32-17-14-28-7-5-8-30(28)23-32;1-24(2)8-4-3-5-9-25-14-16-26(17-15-25)22-29-20-21-32(33-13-7-12-31(29)33)30-19-18-27-10-6-11-28(27)23-30;1-3-8-22(9-4-1)23-16-14-21(15-17-23)20-25-18-19-27(24-10-5-2-6-11-24)28-13-7-12-26(25)28/h6,9-11,14,17-21,23-24,27,29,36H,4-5,7-8,12-13,15-16,22H2,1-3H3;7,12-21,23-24,33H,3-6,8-11,22H2,1-2H3;5,7,10-19,22,28H,1-4,6,8-9,20H2. The van der Waals surface area contributed by atoms with Crippen LogP contribution in [-0.2, 0) is 57.8 Å². The molecule has 0 N–H and O–H groups in total. The zero-order chi connectivity index (χ0) is 66.0. The smallest absolute Gasteiger partial charge is 0.0281 e. The van der Waals surface area contributed by atoms with Crippen LogP contribution in [0.1, 0.15) is 228 Å². The third-order valence-corrected chi connectivity index (χ3v) is 24.2. The molecule has 5 aromatic carbocycles. The lowest BCUT2D eigenvalue weighted by Gasteiger charge is -2.32. The Balaban J connectivity index is 0.000000126. The summed E-state index contributed by atoms with van der Waals surface area (Å²) in [6.45, 7) is 11.8. The van der Waals surface area contributed by atoms with Crippen LogP contribution >= 0.6 is 0 Å². The van der Waals surface area contributed by atoms with Crippen LogP contribution in [0.3, 0.4) is 0 Å². The average Bonchev–Trinajstić information content (AvgIpc) is 1.72. The van der Waals surface area contributed by atoms with Crippen LogP contribution < -0.4 is 0 Å². The first-order valence-electron chi connectivity index (χ1n) is 38.9. The molecule has 0 heteroatoms. The van der Waals surface area contributed by atoms with E-state index >= 15 is 0 Å². The Bertz CT molecular complexity index is 4100. The Kier molecular flexibility index (Phi) is 21.7. The van der Waals surface area contributed by atoms with Crippen molar-refractivity contribution >= 4 is 11.1 Å². The summed E-state index contributed by atoms with van der Waals surface area (Å²) in [6.07, 6.45) is 75.6. The van der Waals surface area contributed by atoms with Crippen LogP contribution in [0.4, 0.5) is 0 Å². The summed E-state index contributed by atoms with van der Waals surface area (Å²) in [5, 5.41) is 0. The van der Waals surface area contributed by atoms with Crippen molar-refractivity contribution in [2.45, 2.75) is 213 Å². The van der Waals surface area contributed by atoms with E-state index in [0.717, 1.165) is 55.3 Å². The van der Waals surface area contributed by atoms with Crippen LogP contribution in [0.5, 0.6) is 0 Å². The van der Waals surface area contributed by atoms with Crippen molar-refractivity contribution in [3.8, 4) is 0 Å². The molecule has 0 aromatic heterocycles. The molecule has 97 heavy (non-hydrogen) atoms. The molecule has 5 aromatic rings. The summed E-state index contributed by atoms with van der Waals surface area (Å²) in [5.41, 5.74) is 34.4. The minimum Gasteiger partial charge on any atom is -0.0836 e. The van der Waals surface area contributed by atoms with Crippen LogP contribution in [0.2, 0.25) is 0 Å². The van der Waals surface area contributed by atoms with Gasteiger partial charge in [-0.2, -0.15) is 0 Å². The molecule has 0 bridgehead atoms. The number of benzene rings is 5. The first-order valence-corrected chi connectivity index (χ1v) is 38.9. The first kappa shape index (κ1) is 66.7. The van der Waals surface area contributed by atoms with Crippen molar-refractivity contribution in [3.63, 3.8) is 0 Å². The first-order chi connectivity index (χ1) is 47.7. The molecule has 0 spiro atoms. The summed E-state index contributed by atoms with van der Waals surface area (Å²) in [7, 11) is 0. The van der Waals surface area contributed by atoms with Gasteiger partial charge in [-0.3, -0.25) is 0 Å². The van der Waals surface area contributed by atoms with Crippen molar-refractivity contribution < 1.29 is 0 Å². The van der Waals surface area contributed by atoms with Crippen molar-refractivity contribution in [1.29, 1.82) is 0 Å². The van der Waals surface area contributed by atoms with Gasteiger partial charge in [-0.25, -0.2) is 0 Å². The Hall–Kier alpha value is -7.54. The maximum absolute atomic E-state index is 2.53. The molecule has 0 heterocycles. The highest BCUT2D eigenvalue weighted by molar-refractivity contribution is 5.80. The third-order valence-electron chi connectivity index (χ3n) is 24.2. The molecule has 2 saturated carbocycles. The van der Waals surface area contributed by atoms with Crippen LogP contribution in [0.15, 0.2) is 257 Å². The Morgan fingerprint density at radius 3 is 1.48 bits per heavy atom. The summed E-state index contributed by atoms with van der Waals surface area (Å²) < 4.78 is 0. The van der Waals surface area contributed by atoms with E-state index in [0.29, 0.717) is 17.8 Å². The number of fused-ring (bicyclic) bond motifs is 5. The molecule has 2 fully saturated rings.